The minimum absolute atomic E-state index is 0.197. The molecular weight excluding hydrogens is 284 g/mol. The molecule has 0 bridgehead atoms. The van der Waals surface area contributed by atoms with E-state index in [0.717, 1.165) is 42.2 Å². The fourth-order valence-electron chi connectivity index (χ4n) is 2.02. The maximum atomic E-state index is 13.5. The Morgan fingerprint density at radius 2 is 2.25 bits per heavy atom. The van der Waals surface area contributed by atoms with Crippen molar-refractivity contribution in [1.82, 2.24) is 10.3 Å². The molecule has 3 rings (SSSR count). The number of nitrogens with one attached hydrogen (secondary N) is 2. The lowest BCUT2D eigenvalue weighted by Gasteiger charge is -2.09. The van der Waals surface area contributed by atoms with Crippen LogP contribution in [-0.4, -0.2) is 17.4 Å². The Hall–Kier alpha value is -1.86. The number of benzene rings is 1. The van der Waals surface area contributed by atoms with Gasteiger partial charge in [0.1, 0.15) is 11.6 Å². The molecule has 104 valence electrons. The van der Waals surface area contributed by atoms with Crippen LogP contribution >= 0.6 is 11.3 Å². The maximum Gasteiger partial charge on any atom is 0.260 e. The number of nitrogens with zero attached hydrogens (tertiary/aromatic N) is 1. The maximum absolute atomic E-state index is 13.5. The Balaban J connectivity index is 1.80. The number of rotatable bonds is 2. The zero-order chi connectivity index (χ0) is 14.1. The summed E-state index contributed by atoms with van der Waals surface area (Å²) in [5, 5.41) is 6.20. The number of fused-ring (bicyclic) bond motifs is 1. The van der Waals surface area contributed by atoms with Crippen LogP contribution in [0.3, 0.4) is 0 Å². The summed E-state index contributed by atoms with van der Waals surface area (Å²) >= 11 is 1.37. The molecule has 0 saturated carbocycles. The lowest BCUT2D eigenvalue weighted by Crippen LogP contribution is -2.22. The van der Waals surface area contributed by atoms with Gasteiger partial charge in [-0.1, -0.05) is 0 Å². The van der Waals surface area contributed by atoms with Gasteiger partial charge in [0.05, 0.1) is 11.3 Å². The first-order chi connectivity index (χ1) is 9.63. The van der Waals surface area contributed by atoms with Crippen LogP contribution in [0.15, 0.2) is 18.2 Å². The van der Waals surface area contributed by atoms with E-state index in [4.69, 9.17) is 0 Å². The number of carbonyl (C=O) groups is 1. The first-order valence-electron chi connectivity index (χ1n) is 6.09. The van der Waals surface area contributed by atoms with Crippen LogP contribution in [0.25, 0.3) is 0 Å². The van der Waals surface area contributed by atoms with Crippen molar-refractivity contribution >= 4 is 22.4 Å². The summed E-state index contributed by atoms with van der Waals surface area (Å²) in [5.41, 5.74) is 0.765. The van der Waals surface area contributed by atoms with E-state index < -0.39 is 17.5 Å². The van der Waals surface area contributed by atoms with Crippen molar-refractivity contribution < 1.29 is 13.6 Å². The van der Waals surface area contributed by atoms with E-state index in [1.165, 1.54) is 11.3 Å². The van der Waals surface area contributed by atoms with Gasteiger partial charge < -0.3 is 5.32 Å². The highest BCUT2D eigenvalue weighted by Gasteiger charge is 2.18. The lowest BCUT2D eigenvalue weighted by atomic mass is 10.2. The van der Waals surface area contributed by atoms with Gasteiger partial charge >= 0.3 is 0 Å². The number of hydrogen-bond acceptors (Lipinski definition) is 4. The Bertz CT molecular complexity index is 648. The molecule has 4 nitrogen and oxygen atoms in total. The van der Waals surface area contributed by atoms with E-state index in [9.17, 15) is 13.6 Å². The van der Waals surface area contributed by atoms with Gasteiger partial charge in [-0.15, -0.1) is 11.3 Å². The van der Waals surface area contributed by atoms with E-state index in [-0.39, 0.29) is 5.56 Å². The van der Waals surface area contributed by atoms with Crippen LogP contribution in [0, 0.1) is 11.6 Å². The Labute approximate surface area is 117 Å². The molecule has 1 aliphatic heterocycles. The SMILES string of the molecule is O=C(Nc1nc2c(s1)CNCC2)c1ccc(F)cc1F. The zero-order valence-electron chi connectivity index (χ0n) is 10.4. The van der Waals surface area contributed by atoms with Gasteiger partial charge in [0.2, 0.25) is 0 Å². The molecule has 0 atom stereocenters. The molecule has 0 radical (unpaired) electrons. The van der Waals surface area contributed by atoms with Crippen molar-refractivity contribution in [3.63, 3.8) is 0 Å². The molecule has 2 N–H and O–H groups in total. The predicted octanol–water partition coefficient (Wildman–Crippen LogP) is 2.32. The topological polar surface area (TPSA) is 54.0 Å². The standard InChI is InChI=1S/C13H11F2N3OS/c14-7-1-2-8(9(15)5-7)12(19)18-13-17-10-3-4-16-6-11(10)20-13/h1-2,5,16H,3-4,6H2,(H,17,18,19). The van der Waals surface area contributed by atoms with Gasteiger partial charge in [0.25, 0.3) is 5.91 Å². The van der Waals surface area contributed by atoms with Crippen LogP contribution in [0.5, 0.6) is 0 Å². The molecule has 2 heterocycles. The fraction of sp³-hybridized carbons (Fsp3) is 0.231. The number of carbonyl (C=O) groups excluding carboxylic acids is 1. The second-order valence-electron chi connectivity index (χ2n) is 4.39. The number of aromatic nitrogens is 1. The molecule has 1 aliphatic rings. The highest BCUT2D eigenvalue weighted by atomic mass is 32.1. The quantitative estimate of drug-likeness (QED) is 0.894. The van der Waals surface area contributed by atoms with E-state index in [0.29, 0.717) is 11.2 Å². The van der Waals surface area contributed by atoms with E-state index in [2.05, 4.69) is 15.6 Å². The molecule has 0 spiro atoms. The fourth-order valence-corrected chi connectivity index (χ4v) is 2.99. The average Bonchev–Trinajstić information content (AvgIpc) is 2.80. The largest absolute Gasteiger partial charge is 0.311 e. The Kier molecular flexibility index (Phi) is 3.45. The number of halogens is 2. The number of anilines is 1. The normalized spacial score (nSPS) is 13.9. The third kappa shape index (κ3) is 2.54. The molecule has 0 unspecified atom stereocenters. The first-order valence-corrected chi connectivity index (χ1v) is 6.91. The third-order valence-corrected chi connectivity index (χ3v) is 4.01. The molecule has 1 amide bonds. The summed E-state index contributed by atoms with van der Waals surface area (Å²) in [6, 6.07) is 2.86. The van der Waals surface area contributed by atoms with Gasteiger partial charge in [-0.3, -0.25) is 10.1 Å². The smallest absolute Gasteiger partial charge is 0.260 e. The van der Waals surface area contributed by atoms with Crippen LogP contribution in [0.1, 0.15) is 20.9 Å². The van der Waals surface area contributed by atoms with Gasteiger partial charge in [0.15, 0.2) is 5.13 Å². The van der Waals surface area contributed by atoms with Crippen LogP contribution in [0.4, 0.5) is 13.9 Å². The minimum atomic E-state index is -0.884. The van der Waals surface area contributed by atoms with Crippen molar-refractivity contribution in [3.8, 4) is 0 Å². The molecule has 1 aromatic carbocycles. The highest BCUT2D eigenvalue weighted by Crippen LogP contribution is 2.25. The monoisotopic (exact) mass is 295 g/mol. The van der Waals surface area contributed by atoms with Gasteiger partial charge in [0, 0.05) is 30.5 Å². The zero-order valence-corrected chi connectivity index (χ0v) is 11.2. The number of thiazole rings is 1. The van der Waals surface area contributed by atoms with Gasteiger partial charge in [-0.25, -0.2) is 13.8 Å². The molecule has 20 heavy (non-hydrogen) atoms. The van der Waals surface area contributed by atoms with Crippen molar-refractivity contribution in [1.29, 1.82) is 0 Å². The molecule has 0 fully saturated rings. The van der Waals surface area contributed by atoms with Gasteiger partial charge in [-0.2, -0.15) is 0 Å². The summed E-state index contributed by atoms with van der Waals surface area (Å²) in [4.78, 5) is 17.3. The number of hydrogen-bond donors (Lipinski definition) is 2. The molecule has 7 heteroatoms. The predicted molar refractivity (Wildman–Crippen MR) is 71.8 cm³/mol. The summed E-state index contributed by atoms with van der Waals surface area (Å²) < 4.78 is 26.3. The lowest BCUT2D eigenvalue weighted by molar-refractivity contribution is 0.102. The third-order valence-electron chi connectivity index (χ3n) is 3.00. The summed E-state index contributed by atoms with van der Waals surface area (Å²) in [6.45, 7) is 1.59. The molecule has 0 aliphatic carbocycles. The Morgan fingerprint density at radius 1 is 1.40 bits per heavy atom. The second-order valence-corrected chi connectivity index (χ2v) is 5.48. The van der Waals surface area contributed by atoms with Crippen molar-refractivity contribution in [2.75, 3.05) is 11.9 Å². The van der Waals surface area contributed by atoms with Crippen molar-refractivity contribution in [3.05, 3.63) is 46.0 Å². The van der Waals surface area contributed by atoms with Crippen LogP contribution in [0.2, 0.25) is 0 Å². The van der Waals surface area contributed by atoms with Crippen molar-refractivity contribution in [2.24, 2.45) is 0 Å². The second kappa shape index (κ2) is 5.26. The highest BCUT2D eigenvalue weighted by molar-refractivity contribution is 7.15. The van der Waals surface area contributed by atoms with Gasteiger partial charge in [-0.05, 0) is 12.1 Å². The number of amides is 1. The Morgan fingerprint density at radius 3 is 3.00 bits per heavy atom. The van der Waals surface area contributed by atoms with Crippen molar-refractivity contribution in [2.45, 2.75) is 13.0 Å². The first kappa shape index (κ1) is 13.1. The molecule has 1 aromatic heterocycles. The summed E-state index contributed by atoms with van der Waals surface area (Å²) in [5.74, 6) is -2.22. The minimum Gasteiger partial charge on any atom is -0.311 e. The molecule has 2 aromatic rings. The van der Waals surface area contributed by atoms with E-state index >= 15 is 0 Å². The van der Waals surface area contributed by atoms with Crippen LogP contribution in [-0.2, 0) is 13.0 Å². The summed E-state index contributed by atoms with van der Waals surface area (Å²) in [6.07, 6.45) is 0.812. The molecule has 0 saturated heterocycles. The molecular formula is C13H11F2N3OS. The average molecular weight is 295 g/mol. The summed E-state index contributed by atoms with van der Waals surface area (Å²) in [7, 11) is 0. The van der Waals surface area contributed by atoms with E-state index in [1.807, 2.05) is 0 Å². The van der Waals surface area contributed by atoms with E-state index in [1.54, 1.807) is 0 Å². The van der Waals surface area contributed by atoms with Crippen LogP contribution < -0.4 is 10.6 Å².